The highest BCUT2D eigenvalue weighted by atomic mass is 16.6. The molecule has 1 atom stereocenters. The van der Waals surface area contributed by atoms with Crippen LogP contribution in [-0.2, 0) is 11.2 Å². The molecule has 25 heavy (non-hydrogen) atoms. The van der Waals surface area contributed by atoms with Gasteiger partial charge >= 0.3 is 5.69 Å². The summed E-state index contributed by atoms with van der Waals surface area (Å²) in [4.78, 5) is 22.4. The monoisotopic (exact) mass is 341 g/mol. The van der Waals surface area contributed by atoms with E-state index in [9.17, 15) is 14.9 Å². The van der Waals surface area contributed by atoms with Gasteiger partial charge in [0.1, 0.15) is 0 Å². The Morgan fingerprint density at radius 2 is 2.00 bits per heavy atom. The van der Waals surface area contributed by atoms with Crippen LogP contribution in [0.5, 0.6) is 5.75 Å². The van der Waals surface area contributed by atoms with Gasteiger partial charge in [0.2, 0.25) is 0 Å². The van der Waals surface area contributed by atoms with E-state index in [1.165, 1.54) is 23.3 Å². The lowest BCUT2D eigenvalue weighted by Gasteiger charge is -2.27. The van der Waals surface area contributed by atoms with Crippen LogP contribution in [0, 0.1) is 10.1 Å². The molecule has 7 heteroatoms. The van der Waals surface area contributed by atoms with Gasteiger partial charge in [-0.25, -0.2) is 0 Å². The van der Waals surface area contributed by atoms with Crippen LogP contribution in [0.25, 0.3) is 0 Å². The summed E-state index contributed by atoms with van der Waals surface area (Å²) in [7, 11) is 0. The van der Waals surface area contributed by atoms with E-state index >= 15 is 0 Å². The predicted molar refractivity (Wildman–Crippen MR) is 92.5 cm³/mol. The first kappa shape index (κ1) is 16.9. The van der Waals surface area contributed by atoms with E-state index in [2.05, 4.69) is 22.8 Å². The van der Waals surface area contributed by atoms with Crippen molar-refractivity contribution in [2.24, 2.45) is 0 Å². The lowest BCUT2D eigenvalue weighted by atomic mass is 9.94. The van der Waals surface area contributed by atoms with E-state index < -0.39 is 4.92 Å². The summed E-state index contributed by atoms with van der Waals surface area (Å²) in [5, 5.41) is 17.1. The molecule has 1 aliphatic rings. The first-order valence-electron chi connectivity index (χ1n) is 8.09. The average molecular weight is 341 g/mol. The summed E-state index contributed by atoms with van der Waals surface area (Å²) in [5.74, 6) is -0.230. The van der Waals surface area contributed by atoms with E-state index in [0.717, 1.165) is 13.0 Å². The lowest BCUT2D eigenvalue weighted by Crippen LogP contribution is -2.40. The number of amides is 1. The molecule has 7 nitrogen and oxygen atoms in total. The van der Waals surface area contributed by atoms with Gasteiger partial charge in [0.15, 0.2) is 12.4 Å². The van der Waals surface area contributed by atoms with E-state index in [-0.39, 0.29) is 30.0 Å². The summed E-state index contributed by atoms with van der Waals surface area (Å²) in [6.07, 6.45) is 0.974. The maximum atomic E-state index is 12.0. The Morgan fingerprint density at radius 3 is 2.84 bits per heavy atom. The fraction of sp³-hybridized carbons (Fsp3) is 0.278. The van der Waals surface area contributed by atoms with Crippen molar-refractivity contribution < 1.29 is 14.5 Å². The van der Waals surface area contributed by atoms with E-state index in [0.29, 0.717) is 6.54 Å². The minimum absolute atomic E-state index is 0.0555. The maximum Gasteiger partial charge on any atom is 0.310 e. The zero-order chi connectivity index (χ0) is 17.6. The Labute approximate surface area is 145 Å². The largest absolute Gasteiger partial charge is 0.477 e. The number of nitro benzene ring substituents is 1. The Hall–Kier alpha value is -2.93. The second kappa shape index (κ2) is 7.76. The SMILES string of the molecule is O=C(COc1ccccc1[N+](=O)[O-])NCC1NCCc2ccccc21. The van der Waals surface area contributed by atoms with Crippen LogP contribution in [0.3, 0.4) is 0 Å². The number of carbonyl (C=O) groups is 1. The van der Waals surface area contributed by atoms with Gasteiger partial charge in [0.25, 0.3) is 5.91 Å². The third-order valence-electron chi connectivity index (χ3n) is 4.14. The second-order valence-corrected chi connectivity index (χ2v) is 5.77. The third-order valence-corrected chi connectivity index (χ3v) is 4.14. The van der Waals surface area contributed by atoms with Crippen LogP contribution in [0.2, 0.25) is 0 Å². The molecule has 0 aliphatic carbocycles. The number of para-hydroxylation sites is 2. The van der Waals surface area contributed by atoms with Crippen LogP contribution in [-0.4, -0.2) is 30.5 Å². The number of nitro groups is 1. The van der Waals surface area contributed by atoms with Crippen molar-refractivity contribution in [1.82, 2.24) is 10.6 Å². The van der Waals surface area contributed by atoms with Crippen molar-refractivity contribution in [3.8, 4) is 5.75 Å². The van der Waals surface area contributed by atoms with Gasteiger partial charge in [0, 0.05) is 18.7 Å². The first-order valence-corrected chi connectivity index (χ1v) is 8.09. The molecule has 0 saturated carbocycles. The van der Waals surface area contributed by atoms with Gasteiger partial charge in [-0.1, -0.05) is 36.4 Å². The number of nitrogens with one attached hydrogen (secondary N) is 2. The summed E-state index contributed by atoms with van der Waals surface area (Å²) < 4.78 is 5.30. The molecular weight excluding hydrogens is 322 g/mol. The summed E-state index contributed by atoms with van der Waals surface area (Å²) in [5.41, 5.74) is 2.32. The van der Waals surface area contributed by atoms with Gasteiger partial charge < -0.3 is 15.4 Å². The van der Waals surface area contributed by atoms with Crippen LogP contribution in [0.4, 0.5) is 5.69 Å². The predicted octanol–water partition coefficient (Wildman–Crippen LogP) is 1.98. The van der Waals surface area contributed by atoms with Crippen molar-refractivity contribution in [2.75, 3.05) is 19.7 Å². The van der Waals surface area contributed by atoms with E-state index in [4.69, 9.17) is 4.74 Å². The third kappa shape index (κ3) is 4.13. The van der Waals surface area contributed by atoms with Gasteiger partial charge in [-0.2, -0.15) is 0 Å². The highest BCUT2D eigenvalue weighted by molar-refractivity contribution is 5.77. The van der Waals surface area contributed by atoms with Crippen LogP contribution in [0.1, 0.15) is 17.2 Å². The van der Waals surface area contributed by atoms with Crippen molar-refractivity contribution in [3.05, 3.63) is 69.8 Å². The number of hydrogen-bond donors (Lipinski definition) is 2. The molecule has 2 aromatic rings. The molecule has 0 bridgehead atoms. The Bertz CT molecular complexity index is 778. The number of carbonyl (C=O) groups excluding carboxylic acids is 1. The zero-order valence-corrected chi connectivity index (χ0v) is 13.6. The Balaban J connectivity index is 1.54. The summed E-state index contributed by atoms with van der Waals surface area (Å²) >= 11 is 0. The number of nitrogens with zero attached hydrogens (tertiary/aromatic N) is 1. The van der Waals surface area contributed by atoms with Crippen LogP contribution < -0.4 is 15.4 Å². The minimum atomic E-state index is -0.532. The van der Waals surface area contributed by atoms with Crippen LogP contribution >= 0.6 is 0 Å². The molecule has 1 aliphatic heterocycles. The molecule has 0 saturated heterocycles. The quantitative estimate of drug-likeness (QED) is 0.619. The molecule has 3 rings (SSSR count). The van der Waals surface area contributed by atoms with Crippen molar-refractivity contribution in [3.63, 3.8) is 0 Å². The molecule has 1 amide bonds. The number of hydrogen-bond acceptors (Lipinski definition) is 5. The van der Waals surface area contributed by atoms with E-state index in [1.54, 1.807) is 12.1 Å². The summed E-state index contributed by atoms with van der Waals surface area (Å²) in [6, 6.07) is 14.2. The van der Waals surface area contributed by atoms with Gasteiger partial charge in [0.05, 0.1) is 4.92 Å². The molecular formula is C18H19N3O4. The standard InChI is InChI=1S/C18H19N3O4/c22-18(12-25-17-8-4-3-7-16(17)21(23)24)20-11-15-14-6-2-1-5-13(14)9-10-19-15/h1-8,15,19H,9-12H2,(H,20,22). The first-order chi connectivity index (χ1) is 12.1. The van der Waals surface area contributed by atoms with E-state index in [1.807, 2.05) is 12.1 Å². The molecule has 130 valence electrons. The molecule has 1 heterocycles. The van der Waals surface area contributed by atoms with Crippen LogP contribution in [0.15, 0.2) is 48.5 Å². The summed E-state index contributed by atoms with van der Waals surface area (Å²) in [6.45, 7) is 1.04. The smallest absolute Gasteiger partial charge is 0.310 e. The van der Waals surface area contributed by atoms with Crippen molar-refractivity contribution >= 4 is 11.6 Å². The normalized spacial score (nSPS) is 15.9. The van der Waals surface area contributed by atoms with Crippen molar-refractivity contribution in [1.29, 1.82) is 0 Å². The number of rotatable bonds is 6. The fourth-order valence-corrected chi connectivity index (χ4v) is 2.92. The molecule has 2 aromatic carbocycles. The maximum absolute atomic E-state index is 12.0. The fourth-order valence-electron chi connectivity index (χ4n) is 2.92. The van der Waals surface area contributed by atoms with Gasteiger partial charge in [-0.15, -0.1) is 0 Å². The number of ether oxygens (including phenoxy) is 1. The average Bonchev–Trinajstić information content (AvgIpc) is 2.64. The molecule has 2 N–H and O–H groups in total. The van der Waals surface area contributed by atoms with Gasteiger partial charge in [-0.3, -0.25) is 14.9 Å². The van der Waals surface area contributed by atoms with Gasteiger partial charge in [-0.05, 0) is 30.2 Å². The van der Waals surface area contributed by atoms with Crippen molar-refractivity contribution in [2.45, 2.75) is 12.5 Å². The Morgan fingerprint density at radius 1 is 1.24 bits per heavy atom. The zero-order valence-electron chi connectivity index (χ0n) is 13.6. The minimum Gasteiger partial charge on any atom is -0.477 e. The highest BCUT2D eigenvalue weighted by Crippen LogP contribution is 2.25. The lowest BCUT2D eigenvalue weighted by molar-refractivity contribution is -0.385. The molecule has 0 aromatic heterocycles. The molecule has 0 spiro atoms. The second-order valence-electron chi connectivity index (χ2n) is 5.77. The molecule has 0 radical (unpaired) electrons. The number of benzene rings is 2. The highest BCUT2D eigenvalue weighted by Gasteiger charge is 2.20. The topological polar surface area (TPSA) is 93.5 Å². The molecule has 0 fully saturated rings. The molecule has 1 unspecified atom stereocenters. The number of fused-ring (bicyclic) bond motifs is 1. The Kier molecular flexibility index (Phi) is 5.25.